The first-order valence-corrected chi connectivity index (χ1v) is 6.49. The Morgan fingerprint density at radius 3 is 2.94 bits per heavy atom. The van der Waals surface area contributed by atoms with Crippen LogP contribution in [0.1, 0.15) is 44.3 Å². The average Bonchev–Trinajstić information content (AvgIpc) is 3.18. The van der Waals surface area contributed by atoms with Gasteiger partial charge in [0.2, 0.25) is 0 Å². The number of hydrogen-bond donors (Lipinski definition) is 1. The van der Waals surface area contributed by atoms with Crippen LogP contribution in [0.4, 0.5) is 0 Å². The van der Waals surface area contributed by atoms with Crippen molar-refractivity contribution in [3.05, 3.63) is 23.8 Å². The number of hydrogen-bond acceptors (Lipinski definition) is 4. The lowest BCUT2D eigenvalue weighted by atomic mass is 10.2. The third kappa shape index (κ3) is 3.48. The molecule has 0 saturated heterocycles. The molecule has 0 radical (unpaired) electrons. The molecule has 0 aromatic carbocycles. The lowest BCUT2D eigenvalue weighted by Gasteiger charge is -2.15. The highest BCUT2D eigenvalue weighted by Crippen LogP contribution is 2.42. The van der Waals surface area contributed by atoms with E-state index in [4.69, 9.17) is 4.74 Å². The highest BCUT2D eigenvalue weighted by atomic mass is 16.5. The Labute approximate surface area is 103 Å². The molecule has 0 bridgehead atoms. The summed E-state index contributed by atoms with van der Waals surface area (Å²) in [4.78, 5) is 8.96. The van der Waals surface area contributed by atoms with Gasteiger partial charge in [0.15, 0.2) is 5.82 Å². The summed E-state index contributed by atoms with van der Waals surface area (Å²) >= 11 is 0. The molecule has 1 atom stereocenters. The summed E-state index contributed by atoms with van der Waals surface area (Å²) in [6.07, 6.45) is 4.42. The molecule has 17 heavy (non-hydrogen) atoms. The Morgan fingerprint density at radius 1 is 1.47 bits per heavy atom. The van der Waals surface area contributed by atoms with Crippen LogP contribution in [-0.2, 0) is 11.3 Å². The van der Waals surface area contributed by atoms with Gasteiger partial charge in [-0.3, -0.25) is 0 Å². The number of ether oxygens (including phenoxy) is 1. The SMILES string of the molecule is CCNCc1ccnc(C(OCC)C2CC2)n1. The fraction of sp³-hybridized carbons (Fsp3) is 0.692. The van der Waals surface area contributed by atoms with E-state index in [0.29, 0.717) is 5.92 Å². The summed E-state index contributed by atoms with van der Waals surface area (Å²) in [6.45, 7) is 6.60. The van der Waals surface area contributed by atoms with E-state index in [1.165, 1.54) is 12.8 Å². The fourth-order valence-electron chi connectivity index (χ4n) is 1.90. The number of nitrogens with one attached hydrogen (secondary N) is 1. The second-order valence-electron chi connectivity index (χ2n) is 4.40. The van der Waals surface area contributed by atoms with Crippen molar-refractivity contribution in [3.8, 4) is 0 Å². The summed E-state index contributed by atoms with van der Waals surface area (Å²) < 4.78 is 5.77. The molecule has 4 nitrogen and oxygen atoms in total. The van der Waals surface area contributed by atoms with Gasteiger partial charge in [0.1, 0.15) is 6.10 Å². The van der Waals surface area contributed by atoms with Gasteiger partial charge in [-0.15, -0.1) is 0 Å². The van der Waals surface area contributed by atoms with Gasteiger partial charge in [-0.1, -0.05) is 6.92 Å². The first kappa shape index (κ1) is 12.5. The van der Waals surface area contributed by atoms with E-state index in [0.717, 1.165) is 31.2 Å². The number of rotatable bonds is 7. The molecule has 0 amide bonds. The molecule has 1 aromatic rings. The van der Waals surface area contributed by atoms with Crippen molar-refractivity contribution in [2.45, 2.75) is 39.3 Å². The van der Waals surface area contributed by atoms with Crippen molar-refractivity contribution in [1.82, 2.24) is 15.3 Å². The number of aromatic nitrogens is 2. The molecule has 0 aliphatic heterocycles. The molecule has 94 valence electrons. The Kier molecular flexibility index (Phi) is 4.45. The summed E-state index contributed by atoms with van der Waals surface area (Å²) in [5, 5.41) is 3.28. The van der Waals surface area contributed by atoms with Gasteiger partial charge >= 0.3 is 0 Å². The van der Waals surface area contributed by atoms with Gasteiger partial charge in [-0.2, -0.15) is 0 Å². The largest absolute Gasteiger partial charge is 0.370 e. The van der Waals surface area contributed by atoms with Crippen LogP contribution in [0.5, 0.6) is 0 Å². The molecular formula is C13H21N3O. The molecule has 1 aliphatic carbocycles. The van der Waals surface area contributed by atoms with Crippen LogP contribution < -0.4 is 5.32 Å². The maximum absolute atomic E-state index is 5.77. The van der Waals surface area contributed by atoms with Crippen molar-refractivity contribution < 1.29 is 4.74 Å². The van der Waals surface area contributed by atoms with E-state index in [2.05, 4.69) is 22.2 Å². The van der Waals surface area contributed by atoms with Crippen molar-refractivity contribution in [2.24, 2.45) is 5.92 Å². The molecule has 1 aliphatic rings. The number of nitrogens with zero attached hydrogens (tertiary/aromatic N) is 2. The summed E-state index contributed by atoms with van der Waals surface area (Å²) in [7, 11) is 0. The first-order chi connectivity index (χ1) is 8.35. The van der Waals surface area contributed by atoms with Crippen LogP contribution in [0.3, 0.4) is 0 Å². The topological polar surface area (TPSA) is 47.0 Å². The molecule has 0 spiro atoms. The molecule has 2 rings (SSSR count). The quantitative estimate of drug-likeness (QED) is 0.786. The van der Waals surface area contributed by atoms with E-state index < -0.39 is 0 Å². The molecular weight excluding hydrogens is 214 g/mol. The monoisotopic (exact) mass is 235 g/mol. The van der Waals surface area contributed by atoms with Gasteiger partial charge in [0.05, 0.1) is 5.69 Å². The van der Waals surface area contributed by atoms with E-state index >= 15 is 0 Å². The third-order valence-electron chi connectivity index (χ3n) is 2.94. The zero-order chi connectivity index (χ0) is 12.1. The van der Waals surface area contributed by atoms with Crippen molar-refractivity contribution >= 4 is 0 Å². The van der Waals surface area contributed by atoms with Crippen LogP contribution in [0, 0.1) is 5.92 Å². The molecule has 1 unspecified atom stereocenters. The van der Waals surface area contributed by atoms with Crippen molar-refractivity contribution in [1.29, 1.82) is 0 Å². The highest BCUT2D eigenvalue weighted by Gasteiger charge is 2.34. The van der Waals surface area contributed by atoms with E-state index in [1.54, 1.807) is 0 Å². The smallest absolute Gasteiger partial charge is 0.157 e. The predicted molar refractivity (Wildman–Crippen MR) is 66.5 cm³/mol. The van der Waals surface area contributed by atoms with Crippen molar-refractivity contribution in [3.63, 3.8) is 0 Å². The molecule has 1 N–H and O–H groups in total. The maximum Gasteiger partial charge on any atom is 0.157 e. The summed E-state index contributed by atoms with van der Waals surface area (Å²) in [5.41, 5.74) is 1.04. The second kappa shape index (κ2) is 6.07. The van der Waals surface area contributed by atoms with Crippen LogP contribution >= 0.6 is 0 Å². The van der Waals surface area contributed by atoms with Gasteiger partial charge in [0, 0.05) is 19.3 Å². The van der Waals surface area contributed by atoms with Crippen LogP contribution in [-0.4, -0.2) is 23.1 Å². The second-order valence-corrected chi connectivity index (χ2v) is 4.40. The average molecular weight is 235 g/mol. The Hall–Kier alpha value is -1.00. The minimum atomic E-state index is 0.0987. The molecule has 1 fully saturated rings. The van der Waals surface area contributed by atoms with Crippen LogP contribution in [0.25, 0.3) is 0 Å². The summed E-state index contributed by atoms with van der Waals surface area (Å²) in [6, 6.07) is 1.96. The Morgan fingerprint density at radius 2 is 2.29 bits per heavy atom. The molecule has 4 heteroatoms. The minimum Gasteiger partial charge on any atom is -0.370 e. The van der Waals surface area contributed by atoms with E-state index in [9.17, 15) is 0 Å². The standard InChI is InChI=1S/C13H21N3O/c1-3-14-9-11-7-8-15-13(16-11)12(17-4-2)10-5-6-10/h7-8,10,12,14H,3-6,9H2,1-2H3. The third-order valence-corrected chi connectivity index (χ3v) is 2.94. The molecule has 1 aromatic heterocycles. The van der Waals surface area contributed by atoms with Gasteiger partial charge in [0.25, 0.3) is 0 Å². The minimum absolute atomic E-state index is 0.0987. The molecule has 1 saturated carbocycles. The van der Waals surface area contributed by atoms with Gasteiger partial charge in [-0.05, 0) is 38.3 Å². The maximum atomic E-state index is 5.77. The molecule has 1 heterocycles. The summed E-state index contributed by atoms with van der Waals surface area (Å²) in [5.74, 6) is 1.48. The van der Waals surface area contributed by atoms with Gasteiger partial charge < -0.3 is 10.1 Å². The van der Waals surface area contributed by atoms with E-state index in [-0.39, 0.29) is 6.10 Å². The van der Waals surface area contributed by atoms with Crippen LogP contribution in [0.15, 0.2) is 12.3 Å². The normalized spacial score (nSPS) is 17.1. The Bertz CT molecular complexity index is 352. The lowest BCUT2D eigenvalue weighted by Crippen LogP contribution is -2.16. The Balaban J connectivity index is 2.07. The van der Waals surface area contributed by atoms with Gasteiger partial charge in [-0.25, -0.2) is 9.97 Å². The lowest BCUT2D eigenvalue weighted by molar-refractivity contribution is 0.0398. The zero-order valence-electron chi connectivity index (χ0n) is 10.6. The van der Waals surface area contributed by atoms with Crippen LogP contribution in [0.2, 0.25) is 0 Å². The predicted octanol–water partition coefficient (Wildman–Crippen LogP) is 2.07. The van der Waals surface area contributed by atoms with E-state index in [1.807, 2.05) is 19.2 Å². The van der Waals surface area contributed by atoms with Crippen molar-refractivity contribution in [2.75, 3.05) is 13.2 Å². The zero-order valence-corrected chi connectivity index (χ0v) is 10.6. The fourth-order valence-corrected chi connectivity index (χ4v) is 1.90. The first-order valence-electron chi connectivity index (χ1n) is 6.49. The highest BCUT2D eigenvalue weighted by molar-refractivity contribution is 5.06.